The van der Waals surface area contributed by atoms with Gasteiger partial charge in [-0.15, -0.1) is 11.3 Å². The van der Waals surface area contributed by atoms with Crippen molar-refractivity contribution in [3.63, 3.8) is 0 Å². The Morgan fingerprint density at radius 1 is 0.970 bits per heavy atom. The van der Waals surface area contributed by atoms with Crippen LogP contribution >= 0.6 is 11.3 Å². The number of carbonyl (C=O) groups excluding carboxylic acids is 1. The monoisotopic (exact) mass is 468 g/mol. The minimum atomic E-state index is -0.289. The lowest BCUT2D eigenvalue weighted by Crippen LogP contribution is -2.45. The Balaban J connectivity index is 1.07. The number of fused-ring (bicyclic) bond motifs is 1. The van der Waals surface area contributed by atoms with Crippen molar-refractivity contribution in [3.05, 3.63) is 75.5 Å². The molecule has 33 heavy (non-hydrogen) atoms. The molecule has 0 radical (unpaired) electrons. The molecule has 0 saturated carbocycles. The van der Waals surface area contributed by atoms with E-state index in [1.807, 2.05) is 6.07 Å². The Morgan fingerprint density at radius 3 is 2.45 bits per heavy atom. The van der Waals surface area contributed by atoms with Crippen LogP contribution in [-0.2, 0) is 19.6 Å². The Labute approximate surface area is 195 Å². The second kappa shape index (κ2) is 9.86. The van der Waals surface area contributed by atoms with Gasteiger partial charge in [-0.3, -0.25) is 14.6 Å². The molecule has 172 valence electrons. The molecule has 9 heteroatoms. The van der Waals surface area contributed by atoms with Crippen molar-refractivity contribution >= 4 is 17.2 Å². The molecule has 1 fully saturated rings. The number of halogens is 1. The van der Waals surface area contributed by atoms with Gasteiger partial charge in [0.1, 0.15) is 16.5 Å². The van der Waals surface area contributed by atoms with Crippen molar-refractivity contribution in [3.8, 4) is 11.5 Å². The highest BCUT2D eigenvalue weighted by molar-refractivity contribution is 7.09. The molecule has 3 heterocycles. The van der Waals surface area contributed by atoms with Gasteiger partial charge in [0.05, 0.1) is 6.54 Å². The summed E-state index contributed by atoms with van der Waals surface area (Å²) >= 11 is 1.51. The molecule has 0 bridgehead atoms. The summed E-state index contributed by atoms with van der Waals surface area (Å²) in [6.45, 7) is 6.14. The number of carbonyl (C=O) groups is 1. The van der Waals surface area contributed by atoms with Gasteiger partial charge in [0.2, 0.25) is 6.79 Å². The lowest BCUT2D eigenvalue weighted by Gasteiger charge is -2.34. The molecule has 1 amide bonds. The summed E-state index contributed by atoms with van der Waals surface area (Å²) in [5.41, 5.74) is 2.50. The first-order valence-corrected chi connectivity index (χ1v) is 11.8. The molecule has 0 aliphatic carbocycles. The van der Waals surface area contributed by atoms with E-state index in [2.05, 4.69) is 32.2 Å². The summed E-state index contributed by atoms with van der Waals surface area (Å²) < 4.78 is 23.9. The van der Waals surface area contributed by atoms with Crippen molar-refractivity contribution < 1.29 is 18.7 Å². The second-order valence-electron chi connectivity index (χ2n) is 8.18. The van der Waals surface area contributed by atoms with E-state index in [0.29, 0.717) is 19.0 Å². The fourth-order valence-corrected chi connectivity index (χ4v) is 4.77. The smallest absolute Gasteiger partial charge is 0.271 e. The number of hydrogen-bond donors (Lipinski definition) is 1. The Kier molecular flexibility index (Phi) is 6.52. The van der Waals surface area contributed by atoms with E-state index in [4.69, 9.17) is 9.47 Å². The summed E-state index contributed by atoms with van der Waals surface area (Å²) in [6.07, 6.45) is 0. The van der Waals surface area contributed by atoms with Crippen LogP contribution in [0.1, 0.15) is 26.6 Å². The average molecular weight is 469 g/mol. The third kappa shape index (κ3) is 5.50. The third-order valence-corrected chi connectivity index (χ3v) is 6.65. The molecule has 1 N–H and O–H groups in total. The van der Waals surface area contributed by atoms with Crippen molar-refractivity contribution in [1.29, 1.82) is 0 Å². The first kappa shape index (κ1) is 21.8. The van der Waals surface area contributed by atoms with E-state index in [1.165, 1.54) is 29.0 Å². The number of hydrogen-bond acceptors (Lipinski definition) is 7. The van der Waals surface area contributed by atoms with Gasteiger partial charge in [-0.25, -0.2) is 9.37 Å². The molecule has 2 aromatic carbocycles. The molecule has 1 saturated heterocycles. The molecule has 2 aliphatic heterocycles. The van der Waals surface area contributed by atoms with Crippen LogP contribution < -0.4 is 14.8 Å². The van der Waals surface area contributed by atoms with E-state index in [9.17, 15) is 9.18 Å². The molecule has 0 spiro atoms. The van der Waals surface area contributed by atoms with Gasteiger partial charge in [0, 0.05) is 44.6 Å². The predicted molar refractivity (Wildman–Crippen MR) is 123 cm³/mol. The van der Waals surface area contributed by atoms with Crippen LogP contribution in [-0.4, -0.2) is 53.7 Å². The van der Waals surface area contributed by atoms with Gasteiger partial charge in [-0.05, 0) is 35.4 Å². The maximum absolute atomic E-state index is 13.0. The van der Waals surface area contributed by atoms with Crippen molar-refractivity contribution in [1.82, 2.24) is 20.1 Å². The van der Waals surface area contributed by atoms with Crippen LogP contribution in [0.15, 0.2) is 47.8 Å². The van der Waals surface area contributed by atoms with Crippen molar-refractivity contribution in [2.45, 2.75) is 19.6 Å². The molecule has 7 nitrogen and oxygen atoms in total. The zero-order chi connectivity index (χ0) is 22.6. The minimum Gasteiger partial charge on any atom is -0.454 e. The molecule has 3 aromatic rings. The highest BCUT2D eigenvalue weighted by Gasteiger charge is 2.20. The van der Waals surface area contributed by atoms with E-state index in [0.717, 1.165) is 61.3 Å². The third-order valence-electron chi connectivity index (χ3n) is 5.82. The van der Waals surface area contributed by atoms with Gasteiger partial charge in [-0.2, -0.15) is 0 Å². The summed E-state index contributed by atoms with van der Waals surface area (Å²) in [6, 6.07) is 12.2. The number of nitrogens with zero attached hydrogens (tertiary/aromatic N) is 3. The topological polar surface area (TPSA) is 66.9 Å². The number of ether oxygens (including phenoxy) is 2. The highest BCUT2D eigenvalue weighted by Crippen LogP contribution is 2.32. The van der Waals surface area contributed by atoms with E-state index in [1.54, 1.807) is 17.5 Å². The molecule has 0 atom stereocenters. The van der Waals surface area contributed by atoms with E-state index < -0.39 is 0 Å². The van der Waals surface area contributed by atoms with Gasteiger partial charge < -0.3 is 14.8 Å². The second-order valence-corrected chi connectivity index (χ2v) is 9.12. The number of amides is 1. The average Bonchev–Trinajstić information content (AvgIpc) is 3.49. The SMILES string of the molecule is O=C(NCc1ccc(F)cc1)c1csc(CN2CCN(Cc3ccc4c(c3)OCO4)CC2)n1. The number of rotatable bonds is 7. The van der Waals surface area contributed by atoms with Gasteiger partial charge in [0.15, 0.2) is 11.5 Å². The lowest BCUT2D eigenvalue weighted by atomic mass is 10.1. The van der Waals surface area contributed by atoms with Crippen molar-refractivity contribution in [2.75, 3.05) is 33.0 Å². The van der Waals surface area contributed by atoms with Crippen LogP contribution in [0.3, 0.4) is 0 Å². The molecular weight excluding hydrogens is 443 g/mol. The van der Waals surface area contributed by atoms with E-state index in [-0.39, 0.29) is 11.7 Å². The van der Waals surface area contributed by atoms with Gasteiger partial charge in [-0.1, -0.05) is 18.2 Å². The van der Waals surface area contributed by atoms with Gasteiger partial charge >= 0.3 is 0 Å². The predicted octanol–water partition coefficient (Wildman–Crippen LogP) is 3.26. The quantitative estimate of drug-likeness (QED) is 0.574. The maximum atomic E-state index is 13.0. The zero-order valence-electron chi connectivity index (χ0n) is 18.1. The molecule has 1 aromatic heterocycles. The summed E-state index contributed by atoms with van der Waals surface area (Å²) in [7, 11) is 0. The highest BCUT2D eigenvalue weighted by atomic mass is 32.1. The Morgan fingerprint density at radius 2 is 1.67 bits per heavy atom. The fraction of sp³-hybridized carbons (Fsp3) is 0.333. The molecular formula is C24H25FN4O3S. The maximum Gasteiger partial charge on any atom is 0.271 e. The van der Waals surface area contributed by atoms with Crippen molar-refractivity contribution in [2.24, 2.45) is 0 Å². The molecule has 0 unspecified atom stereocenters. The molecule has 2 aliphatic rings. The van der Waals surface area contributed by atoms with E-state index >= 15 is 0 Å². The Hall–Kier alpha value is -3.01. The zero-order valence-corrected chi connectivity index (χ0v) is 18.9. The van der Waals surface area contributed by atoms with Crippen LogP contribution in [0.4, 0.5) is 4.39 Å². The Bertz CT molecular complexity index is 1110. The number of piperazine rings is 1. The lowest BCUT2D eigenvalue weighted by molar-refractivity contribution is 0.0945. The summed E-state index contributed by atoms with van der Waals surface area (Å²) in [5.74, 6) is 1.14. The standard InChI is InChI=1S/C24H25FN4O3S/c25-19-4-1-17(2-5-19)12-26-24(30)20-15-33-23(27-20)14-29-9-7-28(8-10-29)13-18-3-6-21-22(11-18)32-16-31-21/h1-6,11,15H,7-10,12-14,16H2,(H,26,30). The fourth-order valence-electron chi connectivity index (χ4n) is 3.96. The van der Waals surface area contributed by atoms with Crippen LogP contribution in [0.25, 0.3) is 0 Å². The summed E-state index contributed by atoms with van der Waals surface area (Å²) in [4.78, 5) is 21.7. The first-order valence-electron chi connectivity index (χ1n) is 10.9. The van der Waals surface area contributed by atoms with Crippen LogP contribution in [0, 0.1) is 5.82 Å². The number of benzene rings is 2. The van der Waals surface area contributed by atoms with Crippen LogP contribution in [0.5, 0.6) is 11.5 Å². The number of nitrogens with one attached hydrogen (secondary N) is 1. The first-order chi connectivity index (χ1) is 16.1. The largest absolute Gasteiger partial charge is 0.454 e. The molecule has 5 rings (SSSR count). The minimum absolute atomic E-state index is 0.213. The normalized spacial score (nSPS) is 16.2. The number of aromatic nitrogens is 1. The summed E-state index contributed by atoms with van der Waals surface area (Å²) in [5, 5.41) is 5.57. The number of thiazole rings is 1. The van der Waals surface area contributed by atoms with Crippen LogP contribution in [0.2, 0.25) is 0 Å². The van der Waals surface area contributed by atoms with Gasteiger partial charge in [0.25, 0.3) is 5.91 Å².